The van der Waals surface area contributed by atoms with Crippen molar-refractivity contribution in [1.82, 2.24) is 19.6 Å². The van der Waals surface area contributed by atoms with Crippen LogP contribution in [-0.4, -0.2) is 69.6 Å². The Labute approximate surface area is 215 Å². The zero-order chi connectivity index (χ0) is 27.5. The summed E-state index contributed by atoms with van der Waals surface area (Å²) in [5, 5.41) is 21.6. The maximum atomic E-state index is 13.3. The normalized spacial score (nSPS) is 15.0. The van der Waals surface area contributed by atoms with Gasteiger partial charge in [-0.05, 0) is 64.8 Å². The molecular formula is C25H34N4O7S. The Morgan fingerprint density at radius 3 is 2.27 bits per heavy atom. The van der Waals surface area contributed by atoms with Gasteiger partial charge in [0.25, 0.3) is 0 Å². The molecule has 0 bridgehead atoms. The highest BCUT2D eigenvalue weighted by atomic mass is 32.2. The molecule has 12 heteroatoms. The first-order chi connectivity index (χ1) is 17.2. The van der Waals surface area contributed by atoms with E-state index in [1.807, 2.05) is 6.07 Å². The van der Waals surface area contributed by atoms with Gasteiger partial charge in [-0.2, -0.15) is 4.72 Å². The maximum absolute atomic E-state index is 13.3. The van der Waals surface area contributed by atoms with Crippen LogP contribution >= 0.6 is 0 Å². The zero-order valence-corrected chi connectivity index (χ0v) is 22.2. The van der Waals surface area contributed by atoms with Crippen molar-refractivity contribution >= 4 is 27.1 Å². The number of aromatic nitrogens is 2. The molecule has 3 atom stereocenters. The number of aliphatic hydroxyl groups excluding tert-OH is 1. The molecule has 2 aromatic carbocycles. The van der Waals surface area contributed by atoms with Crippen molar-refractivity contribution in [1.29, 1.82) is 0 Å². The van der Waals surface area contributed by atoms with Crippen molar-refractivity contribution < 1.29 is 28.2 Å². The summed E-state index contributed by atoms with van der Waals surface area (Å²) in [5.41, 5.74) is 0.0907. The zero-order valence-electron chi connectivity index (χ0n) is 21.4. The van der Waals surface area contributed by atoms with Crippen LogP contribution in [0.5, 0.6) is 0 Å². The van der Waals surface area contributed by atoms with E-state index in [4.69, 9.17) is 4.74 Å². The molecule has 1 unspecified atom stereocenters. The summed E-state index contributed by atoms with van der Waals surface area (Å²) in [6, 6.07) is 12.0. The fourth-order valence-corrected chi connectivity index (χ4v) is 5.38. The van der Waals surface area contributed by atoms with Crippen molar-refractivity contribution in [2.45, 2.75) is 76.0 Å². The minimum atomic E-state index is -4.26. The lowest BCUT2D eigenvalue weighted by atomic mass is 9.94. The Kier molecular flexibility index (Phi) is 8.48. The van der Waals surface area contributed by atoms with E-state index in [0.717, 1.165) is 10.5 Å². The number of hydrogen-bond acceptors (Lipinski definition) is 6. The third kappa shape index (κ3) is 6.98. The van der Waals surface area contributed by atoms with Crippen molar-refractivity contribution in [2.75, 3.05) is 0 Å². The van der Waals surface area contributed by atoms with Crippen LogP contribution in [0.25, 0.3) is 11.0 Å². The number of ether oxygens (including phenoxy) is 1. The van der Waals surface area contributed by atoms with Gasteiger partial charge in [-0.25, -0.2) is 18.0 Å². The molecule has 0 aliphatic carbocycles. The number of aromatic amines is 2. The molecule has 3 rings (SSSR count). The Morgan fingerprint density at radius 2 is 1.70 bits per heavy atom. The van der Waals surface area contributed by atoms with Crippen LogP contribution in [-0.2, 0) is 21.2 Å². The molecule has 37 heavy (non-hydrogen) atoms. The van der Waals surface area contributed by atoms with Gasteiger partial charge in [0, 0.05) is 5.54 Å². The van der Waals surface area contributed by atoms with Gasteiger partial charge in [0.2, 0.25) is 10.0 Å². The molecule has 1 amide bonds. The molecule has 5 N–H and O–H groups in total. The molecule has 0 fully saturated rings. The average Bonchev–Trinajstić information content (AvgIpc) is 3.16. The highest BCUT2D eigenvalue weighted by molar-refractivity contribution is 7.89. The largest absolute Gasteiger partial charge is 0.465 e. The number of carboxylic acid groups (broad SMARTS) is 1. The second kappa shape index (κ2) is 11.1. The molecule has 202 valence electrons. The van der Waals surface area contributed by atoms with E-state index in [-0.39, 0.29) is 11.3 Å². The lowest BCUT2D eigenvalue weighted by Gasteiger charge is -2.43. The summed E-state index contributed by atoms with van der Waals surface area (Å²) in [6.45, 7) is 8.44. The van der Waals surface area contributed by atoms with Crippen LogP contribution in [0.1, 0.15) is 40.2 Å². The monoisotopic (exact) mass is 534 g/mol. The molecule has 0 spiro atoms. The Balaban J connectivity index is 2.02. The van der Waals surface area contributed by atoms with Crippen LogP contribution in [0, 0.1) is 0 Å². The number of amides is 1. The highest BCUT2D eigenvalue weighted by Crippen LogP contribution is 2.26. The van der Waals surface area contributed by atoms with E-state index >= 15 is 0 Å². The molecule has 1 aromatic heterocycles. The average molecular weight is 535 g/mol. The predicted octanol–water partition coefficient (Wildman–Crippen LogP) is 2.64. The lowest BCUT2D eigenvalue weighted by Crippen LogP contribution is -2.61. The Bertz CT molecular complexity index is 1380. The van der Waals surface area contributed by atoms with Gasteiger partial charge in [-0.3, -0.25) is 4.90 Å². The SMILES string of the molecule is CC(C)OC(NS(=O)(=O)c1ccc2[nH]c(=O)[nH]c2c1)[C@H](O)[C@H](Cc1ccccc1)N(C(=O)O)C(C)(C)C. The van der Waals surface area contributed by atoms with Crippen LogP contribution in [0.3, 0.4) is 0 Å². The van der Waals surface area contributed by atoms with E-state index in [1.54, 1.807) is 58.9 Å². The second-order valence-electron chi connectivity index (χ2n) is 10.1. The summed E-state index contributed by atoms with van der Waals surface area (Å²) in [5.74, 6) is 0. The number of hydrogen-bond donors (Lipinski definition) is 5. The van der Waals surface area contributed by atoms with Gasteiger partial charge in [0.05, 0.1) is 28.1 Å². The second-order valence-corrected chi connectivity index (χ2v) is 11.8. The summed E-state index contributed by atoms with van der Waals surface area (Å²) < 4.78 is 34.9. The third-order valence-corrected chi connectivity index (χ3v) is 7.16. The summed E-state index contributed by atoms with van der Waals surface area (Å²) in [4.78, 5) is 30.0. The Morgan fingerprint density at radius 1 is 1.08 bits per heavy atom. The minimum absolute atomic E-state index is 0.113. The van der Waals surface area contributed by atoms with Crippen LogP contribution in [0.15, 0.2) is 58.2 Å². The van der Waals surface area contributed by atoms with E-state index in [9.17, 15) is 28.2 Å². The number of nitrogens with one attached hydrogen (secondary N) is 3. The number of sulfonamides is 1. The Hall–Kier alpha value is -3.19. The van der Waals surface area contributed by atoms with Crippen LogP contribution < -0.4 is 10.4 Å². The minimum Gasteiger partial charge on any atom is -0.465 e. The first-order valence-electron chi connectivity index (χ1n) is 11.8. The number of fused-ring (bicyclic) bond motifs is 1. The van der Waals surface area contributed by atoms with Gasteiger partial charge in [-0.15, -0.1) is 0 Å². The van der Waals surface area contributed by atoms with Gasteiger partial charge >= 0.3 is 11.8 Å². The fraction of sp³-hybridized carbons (Fsp3) is 0.440. The number of aliphatic hydroxyl groups is 1. The van der Waals surface area contributed by atoms with Crippen LogP contribution in [0.2, 0.25) is 0 Å². The van der Waals surface area contributed by atoms with Gasteiger partial charge < -0.3 is 24.9 Å². The predicted molar refractivity (Wildman–Crippen MR) is 139 cm³/mol. The number of carbonyl (C=O) groups is 1. The first kappa shape index (κ1) is 28.4. The fourth-order valence-electron chi connectivity index (χ4n) is 4.22. The highest BCUT2D eigenvalue weighted by Gasteiger charge is 2.42. The number of imidazole rings is 1. The van der Waals surface area contributed by atoms with Crippen LogP contribution in [0.4, 0.5) is 4.79 Å². The van der Waals surface area contributed by atoms with Crippen molar-refractivity contribution in [2.24, 2.45) is 0 Å². The summed E-state index contributed by atoms with van der Waals surface area (Å²) >= 11 is 0. The number of nitrogens with zero attached hydrogens (tertiary/aromatic N) is 1. The van der Waals surface area contributed by atoms with Crippen molar-refractivity contribution in [3.63, 3.8) is 0 Å². The molecule has 0 aliphatic heterocycles. The van der Waals surface area contributed by atoms with E-state index < -0.39 is 51.8 Å². The molecule has 0 radical (unpaired) electrons. The molecule has 3 aromatic rings. The van der Waals surface area contributed by atoms with Crippen molar-refractivity contribution in [3.05, 3.63) is 64.6 Å². The maximum Gasteiger partial charge on any atom is 0.408 e. The first-order valence-corrected chi connectivity index (χ1v) is 13.3. The van der Waals surface area contributed by atoms with Crippen molar-refractivity contribution in [3.8, 4) is 0 Å². The molecular weight excluding hydrogens is 500 g/mol. The van der Waals surface area contributed by atoms with E-state index in [2.05, 4.69) is 14.7 Å². The van der Waals surface area contributed by atoms with E-state index in [1.165, 1.54) is 18.2 Å². The molecule has 1 heterocycles. The third-order valence-electron chi connectivity index (χ3n) is 5.74. The number of rotatable bonds is 10. The molecule has 0 aliphatic rings. The van der Waals surface area contributed by atoms with E-state index in [0.29, 0.717) is 11.0 Å². The topological polar surface area (TPSA) is 165 Å². The number of H-pyrrole nitrogens is 2. The summed E-state index contributed by atoms with van der Waals surface area (Å²) in [6.07, 6.45) is -4.72. The molecule has 11 nitrogen and oxygen atoms in total. The van der Waals surface area contributed by atoms with Gasteiger partial charge in [0.15, 0.2) is 0 Å². The quantitative estimate of drug-likeness (QED) is 0.249. The molecule has 0 saturated heterocycles. The number of benzene rings is 2. The van der Waals surface area contributed by atoms with Gasteiger partial charge in [-0.1, -0.05) is 30.3 Å². The standard InChI is InChI=1S/C25H34N4O7S/c1-15(2)36-22(28-37(34,35)17-11-12-18-19(14-17)27-23(31)26-18)21(30)20(13-16-9-7-6-8-10-16)29(24(32)33)25(3,4)5/h6-12,14-15,20-22,28,30H,13H2,1-5H3,(H,32,33)(H2,26,27,31)/t20-,21+,22?/m0/s1. The smallest absolute Gasteiger partial charge is 0.408 e. The lowest BCUT2D eigenvalue weighted by molar-refractivity contribution is -0.104. The summed E-state index contributed by atoms with van der Waals surface area (Å²) in [7, 11) is -4.26. The molecule has 0 saturated carbocycles. The van der Waals surface area contributed by atoms with Gasteiger partial charge in [0.1, 0.15) is 12.3 Å².